The van der Waals surface area contributed by atoms with Gasteiger partial charge in [0.25, 0.3) is 5.91 Å². The molecule has 0 saturated heterocycles. The van der Waals surface area contributed by atoms with Crippen molar-refractivity contribution in [1.82, 2.24) is 26.6 Å². The molecule has 4 atom stereocenters. The SMILES string of the molecule is CC(C)C[C@H](NC(=O)CNC(=O)c1cc(S)cc(S)c1)C(=O)N[C@@H](CCCCN)C(=O)N[C@@H](CC(C)C)C(=O)N[C@@H](CCCCN)C(=O)O. The molecule has 1 aromatic carbocycles. The second-order valence-corrected chi connectivity index (χ2v) is 13.9. The number of nitrogens with one attached hydrogen (secondary N) is 5. The molecular formula is C33H55N7O7S2. The van der Waals surface area contributed by atoms with E-state index in [-0.39, 0.29) is 43.1 Å². The van der Waals surface area contributed by atoms with E-state index in [1.807, 2.05) is 27.7 Å². The number of amides is 5. The number of carboxylic acids is 1. The molecule has 49 heavy (non-hydrogen) atoms. The number of rotatable bonds is 23. The monoisotopic (exact) mass is 725 g/mol. The molecule has 5 amide bonds. The maximum atomic E-state index is 13.6. The van der Waals surface area contributed by atoms with Gasteiger partial charge in [0, 0.05) is 15.4 Å². The van der Waals surface area contributed by atoms with E-state index < -0.39 is 66.2 Å². The van der Waals surface area contributed by atoms with E-state index in [0.717, 1.165) is 0 Å². The van der Waals surface area contributed by atoms with E-state index in [2.05, 4.69) is 51.8 Å². The summed E-state index contributed by atoms with van der Waals surface area (Å²) in [5, 5.41) is 22.8. The molecule has 0 unspecified atom stereocenters. The molecule has 14 nitrogen and oxygen atoms in total. The maximum Gasteiger partial charge on any atom is 0.326 e. The second kappa shape index (κ2) is 23.1. The number of benzene rings is 1. The molecule has 0 aliphatic heterocycles. The number of aliphatic carboxylic acids is 1. The lowest BCUT2D eigenvalue weighted by molar-refractivity contribution is -0.142. The summed E-state index contributed by atoms with van der Waals surface area (Å²) in [4.78, 5) is 78.7. The Morgan fingerprint density at radius 3 is 1.55 bits per heavy atom. The van der Waals surface area contributed by atoms with Crippen molar-refractivity contribution < 1.29 is 33.9 Å². The van der Waals surface area contributed by atoms with E-state index in [1.54, 1.807) is 6.07 Å². The molecule has 0 fully saturated rings. The van der Waals surface area contributed by atoms with Crippen LogP contribution in [0.5, 0.6) is 0 Å². The van der Waals surface area contributed by atoms with Gasteiger partial charge in [0.2, 0.25) is 23.6 Å². The van der Waals surface area contributed by atoms with Crippen LogP contribution in [0.15, 0.2) is 28.0 Å². The van der Waals surface area contributed by atoms with Crippen LogP contribution in [-0.2, 0) is 24.0 Å². The van der Waals surface area contributed by atoms with E-state index in [1.165, 1.54) is 12.1 Å². The van der Waals surface area contributed by atoms with Crippen molar-refractivity contribution in [3.05, 3.63) is 23.8 Å². The Morgan fingerprint density at radius 2 is 1.08 bits per heavy atom. The number of carbonyl (C=O) groups is 6. The molecule has 0 saturated carbocycles. The molecular weight excluding hydrogens is 671 g/mol. The third-order valence-electron chi connectivity index (χ3n) is 7.41. The summed E-state index contributed by atoms with van der Waals surface area (Å²) in [6.45, 7) is 7.82. The molecule has 276 valence electrons. The van der Waals surface area contributed by atoms with Crippen LogP contribution in [0, 0.1) is 11.8 Å². The normalized spacial score (nSPS) is 13.6. The molecule has 0 bridgehead atoms. The Labute approximate surface area is 300 Å². The van der Waals surface area contributed by atoms with Crippen molar-refractivity contribution in [1.29, 1.82) is 0 Å². The first-order chi connectivity index (χ1) is 23.1. The number of unbranched alkanes of at least 4 members (excludes halogenated alkanes) is 2. The van der Waals surface area contributed by atoms with E-state index in [0.29, 0.717) is 48.6 Å². The van der Waals surface area contributed by atoms with Crippen LogP contribution in [0.2, 0.25) is 0 Å². The van der Waals surface area contributed by atoms with Gasteiger partial charge in [-0.05, 0) is 94.5 Å². The van der Waals surface area contributed by atoms with Gasteiger partial charge in [-0.3, -0.25) is 24.0 Å². The van der Waals surface area contributed by atoms with Crippen molar-refractivity contribution in [2.24, 2.45) is 23.3 Å². The minimum atomic E-state index is -1.19. The highest BCUT2D eigenvalue weighted by atomic mass is 32.1. The number of nitrogens with two attached hydrogens (primary N) is 2. The van der Waals surface area contributed by atoms with Gasteiger partial charge in [0.15, 0.2) is 0 Å². The molecule has 0 heterocycles. The third-order valence-corrected chi connectivity index (χ3v) is 7.93. The minimum absolute atomic E-state index is 0.0201. The van der Waals surface area contributed by atoms with Crippen LogP contribution in [0.25, 0.3) is 0 Å². The minimum Gasteiger partial charge on any atom is -0.480 e. The van der Waals surface area contributed by atoms with Gasteiger partial charge in [-0.1, -0.05) is 27.7 Å². The first kappa shape index (κ1) is 43.7. The van der Waals surface area contributed by atoms with Gasteiger partial charge in [-0.25, -0.2) is 4.79 Å². The van der Waals surface area contributed by atoms with Gasteiger partial charge in [-0.15, -0.1) is 25.3 Å². The number of carboxylic acid groups (broad SMARTS) is 1. The van der Waals surface area contributed by atoms with Crippen LogP contribution in [0.4, 0.5) is 0 Å². The maximum absolute atomic E-state index is 13.6. The van der Waals surface area contributed by atoms with Crippen molar-refractivity contribution in [2.75, 3.05) is 19.6 Å². The Balaban J connectivity index is 3.07. The Morgan fingerprint density at radius 1 is 0.653 bits per heavy atom. The molecule has 10 N–H and O–H groups in total. The Bertz CT molecular complexity index is 1250. The molecule has 1 rings (SSSR count). The average molecular weight is 726 g/mol. The van der Waals surface area contributed by atoms with Crippen molar-refractivity contribution in [2.45, 2.75) is 113 Å². The van der Waals surface area contributed by atoms with Crippen LogP contribution in [0.1, 0.15) is 89.4 Å². The summed E-state index contributed by atoms with van der Waals surface area (Å²) in [6, 6.07) is 0.414. The molecule has 0 radical (unpaired) electrons. The zero-order valence-corrected chi connectivity index (χ0v) is 30.7. The number of carbonyl (C=O) groups excluding carboxylic acids is 5. The van der Waals surface area contributed by atoms with Gasteiger partial charge < -0.3 is 43.2 Å². The Hall–Kier alpha value is -3.34. The molecule has 0 spiro atoms. The molecule has 0 aromatic heterocycles. The van der Waals surface area contributed by atoms with Crippen molar-refractivity contribution in [3.63, 3.8) is 0 Å². The largest absolute Gasteiger partial charge is 0.480 e. The van der Waals surface area contributed by atoms with Gasteiger partial charge >= 0.3 is 5.97 Å². The van der Waals surface area contributed by atoms with E-state index >= 15 is 0 Å². The van der Waals surface area contributed by atoms with Crippen LogP contribution >= 0.6 is 25.3 Å². The molecule has 1 aromatic rings. The van der Waals surface area contributed by atoms with Gasteiger partial charge in [0.05, 0.1) is 6.54 Å². The molecule has 16 heteroatoms. The summed E-state index contributed by atoms with van der Waals surface area (Å²) < 4.78 is 0. The lowest BCUT2D eigenvalue weighted by Gasteiger charge is -2.27. The van der Waals surface area contributed by atoms with Crippen molar-refractivity contribution in [3.8, 4) is 0 Å². The lowest BCUT2D eigenvalue weighted by atomic mass is 10.00. The second-order valence-electron chi connectivity index (χ2n) is 12.9. The fourth-order valence-electron chi connectivity index (χ4n) is 4.97. The van der Waals surface area contributed by atoms with Crippen LogP contribution in [-0.4, -0.2) is 84.4 Å². The average Bonchev–Trinajstić information content (AvgIpc) is 3.00. The predicted octanol–water partition coefficient (Wildman–Crippen LogP) is 1.37. The van der Waals surface area contributed by atoms with Gasteiger partial charge in [0.1, 0.15) is 24.2 Å². The summed E-state index contributed by atoms with van der Waals surface area (Å²) in [5.41, 5.74) is 11.4. The Kier molecular flexibility index (Phi) is 20.6. The predicted molar refractivity (Wildman–Crippen MR) is 193 cm³/mol. The number of hydrogen-bond acceptors (Lipinski definition) is 10. The number of hydrogen-bond donors (Lipinski definition) is 10. The van der Waals surface area contributed by atoms with E-state index in [9.17, 15) is 33.9 Å². The molecule has 0 aliphatic rings. The lowest BCUT2D eigenvalue weighted by Crippen LogP contribution is -2.58. The summed E-state index contributed by atoms with van der Waals surface area (Å²) in [5.74, 6) is -4.26. The first-order valence-electron chi connectivity index (χ1n) is 16.7. The molecule has 0 aliphatic carbocycles. The highest BCUT2D eigenvalue weighted by Crippen LogP contribution is 2.16. The summed E-state index contributed by atoms with van der Waals surface area (Å²) in [6.07, 6.45) is 3.04. The van der Waals surface area contributed by atoms with E-state index in [4.69, 9.17) is 11.5 Å². The fraction of sp³-hybridized carbons (Fsp3) is 0.636. The topological polar surface area (TPSA) is 235 Å². The quantitative estimate of drug-likeness (QED) is 0.0579. The van der Waals surface area contributed by atoms with Crippen molar-refractivity contribution >= 4 is 60.8 Å². The standard InChI is InChI=1S/C33H55N7O7S2/c1-19(2)13-26(37-28(41)18-36-29(42)21-15-22(48)17-23(49)16-21)31(44)38-24(9-5-7-11-34)30(43)40-27(14-20(3)4)32(45)39-25(33(46)47)10-6-8-12-35/h15-17,19-20,24-27,48-49H,5-14,18,34-35H2,1-4H3,(H,36,42)(H,37,41)(H,38,44)(H,39,45)(H,40,43)(H,46,47)/t24-,25-,26-,27-/m0/s1. The highest BCUT2D eigenvalue weighted by Gasteiger charge is 2.31. The number of thiol groups is 2. The first-order valence-corrected chi connectivity index (χ1v) is 17.6. The van der Waals surface area contributed by atoms with Gasteiger partial charge in [-0.2, -0.15) is 0 Å². The zero-order valence-electron chi connectivity index (χ0n) is 28.9. The van der Waals surface area contributed by atoms with Crippen LogP contribution < -0.4 is 38.1 Å². The zero-order chi connectivity index (χ0) is 37.1. The fourth-order valence-corrected chi connectivity index (χ4v) is 5.63. The third kappa shape index (κ3) is 17.8. The smallest absolute Gasteiger partial charge is 0.326 e. The van der Waals surface area contributed by atoms with Crippen LogP contribution in [0.3, 0.4) is 0 Å². The summed E-state index contributed by atoms with van der Waals surface area (Å²) >= 11 is 8.48. The highest BCUT2D eigenvalue weighted by molar-refractivity contribution is 7.81. The summed E-state index contributed by atoms with van der Waals surface area (Å²) in [7, 11) is 0.